The molecule has 0 unspecified atom stereocenters. The third kappa shape index (κ3) is 4.00. The standard InChI is InChI=1S/C15H22N4S/c1-16-15-18-13-9-5-4-8-12(13)14(19-15)17-10-6-3-7-11-20-2/h4-5,8-9H,3,6-7,10-11H2,1-2H3,(H2,16,17,18,19). The van der Waals surface area contributed by atoms with Crippen molar-refractivity contribution in [1.82, 2.24) is 9.97 Å². The average molecular weight is 290 g/mol. The Morgan fingerprint density at radius 3 is 2.75 bits per heavy atom. The van der Waals surface area contributed by atoms with E-state index in [1.54, 1.807) is 0 Å². The summed E-state index contributed by atoms with van der Waals surface area (Å²) in [7, 11) is 1.84. The highest BCUT2D eigenvalue weighted by atomic mass is 32.2. The SMILES string of the molecule is CNc1nc(NCCCCCSC)c2ccccc2n1. The molecule has 1 aromatic heterocycles. The van der Waals surface area contributed by atoms with E-state index >= 15 is 0 Å². The molecule has 2 N–H and O–H groups in total. The summed E-state index contributed by atoms with van der Waals surface area (Å²) in [6.07, 6.45) is 5.88. The van der Waals surface area contributed by atoms with Crippen LogP contribution < -0.4 is 10.6 Å². The Bertz CT molecular complexity index is 544. The molecule has 0 bridgehead atoms. The Kier molecular flexibility index (Phi) is 5.92. The number of hydrogen-bond acceptors (Lipinski definition) is 5. The molecule has 1 aromatic carbocycles. The molecule has 0 aliphatic carbocycles. The number of thioether (sulfide) groups is 1. The third-order valence-corrected chi connectivity index (χ3v) is 3.84. The second-order valence-electron chi connectivity index (χ2n) is 4.64. The number of anilines is 2. The molecule has 2 rings (SSSR count). The highest BCUT2D eigenvalue weighted by molar-refractivity contribution is 7.98. The summed E-state index contributed by atoms with van der Waals surface area (Å²) in [5, 5.41) is 7.53. The van der Waals surface area contributed by atoms with Gasteiger partial charge in [0.15, 0.2) is 0 Å². The fraction of sp³-hybridized carbons (Fsp3) is 0.467. The van der Waals surface area contributed by atoms with Crippen LogP contribution in [0.2, 0.25) is 0 Å². The lowest BCUT2D eigenvalue weighted by atomic mass is 10.2. The van der Waals surface area contributed by atoms with Crippen molar-refractivity contribution in [3.8, 4) is 0 Å². The molecule has 0 fully saturated rings. The fourth-order valence-electron chi connectivity index (χ4n) is 2.08. The van der Waals surface area contributed by atoms with Gasteiger partial charge in [0.2, 0.25) is 5.95 Å². The molecule has 0 saturated heterocycles. The van der Waals surface area contributed by atoms with Gasteiger partial charge in [-0.3, -0.25) is 0 Å². The molecule has 0 aliphatic heterocycles. The van der Waals surface area contributed by atoms with Gasteiger partial charge in [-0.2, -0.15) is 16.7 Å². The first-order valence-electron chi connectivity index (χ1n) is 7.02. The first-order valence-corrected chi connectivity index (χ1v) is 8.42. The van der Waals surface area contributed by atoms with Crippen LogP contribution in [0, 0.1) is 0 Å². The first kappa shape index (κ1) is 14.9. The van der Waals surface area contributed by atoms with Crippen LogP contribution in [0.4, 0.5) is 11.8 Å². The normalized spacial score (nSPS) is 10.7. The molecular weight excluding hydrogens is 268 g/mol. The molecular formula is C15H22N4S. The van der Waals surface area contributed by atoms with Crippen molar-refractivity contribution in [2.24, 2.45) is 0 Å². The smallest absolute Gasteiger partial charge is 0.224 e. The van der Waals surface area contributed by atoms with Crippen molar-refractivity contribution in [2.75, 3.05) is 36.2 Å². The minimum atomic E-state index is 0.661. The molecule has 108 valence electrons. The first-order chi connectivity index (χ1) is 9.85. The van der Waals surface area contributed by atoms with E-state index in [-0.39, 0.29) is 0 Å². The number of rotatable bonds is 8. The quantitative estimate of drug-likeness (QED) is 0.727. The summed E-state index contributed by atoms with van der Waals surface area (Å²) < 4.78 is 0. The van der Waals surface area contributed by atoms with Gasteiger partial charge in [-0.05, 0) is 37.0 Å². The van der Waals surface area contributed by atoms with E-state index in [0.29, 0.717) is 5.95 Å². The molecule has 0 atom stereocenters. The zero-order chi connectivity index (χ0) is 14.2. The number of benzene rings is 1. The van der Waals surface area contributed by atoms with Crippen molar-refractivity contribution < 1.29 is 0 Å². The average Bonchev–Trinajstić information content (AvgIpc) is 2.50. The predicted octanol–water partition coefficient (Wildman–Crippen LogP) is 3.62. The van der Waals surface area contributed by atoms with E-state index in [2.05, 4.69) is 32.9 Å². The molecule has 0 radical (unpaired) electrons. The second-order valence-corrected chi connectivity index (χ2v) is 5.63. The fourth-order valence-corrected chi connectivity index (χ4v) is 2.57. The molecule has 0 spiro atoms. The van der Waals surface area contributed by atoms with Gasteiger partial charge in [0, 0.05) is 19.0 Å². The molecule has 0 aliphatic rings. The van der Waals surface area contributed by atoms with Gasteiger partial charge in [-0.15, -0.1) is 0 Å². The van der Waals surface area contributed by atoms with Crippen molar-refractivity contribution in [3.63, 3.8) is 0 Å². The van der Waals surface area contributed by atoms with Crippen molar-refractivity contribution in [1.29, 1.82) is 0 Å². The van der Waals surface area contributed by atoms with Gasteiger partial charge < -0.3 is 10.6 Å². The van der Waals surface area contributed by atoms with Crippen LogP contribution in [-0.4, -0.2) is 35.6 Å². The molecule has 20 heavy (non-hydrogen) atoms. The van der Waals surface area contributed by atoms with E-state index in [4.69, 9.17) is 0 Å². The zero-order valence-corrected chi connectivity index (χ0v) is 13.0. The van der Waals surface area contributed by atoms with E-state index < -0.39 is 0 Å². The predicted molar refractivity (Wildman–Crippen MR) is 89.8 cm³/mol. The molecule has 1 heterocycles. The topological polar surface area (TPSA) is 49.8 Å². The van der Waals surface area contributed by atoms with Crippen LogP contribution in [0.5, 0.6) is 0 Å². The van der Waals surface area contributed by atoms with Gasteiger partial charge in [0.05, 0.1) is 5.52 Å². The Hall–Kier alpha value is -1.49. The van der Waals surface area contributed by atoms with Crippen LogP contribution >= 0.6 is 11.8 Å². The van der Waals surface area contributed by atoms with Gasteiger partial charge in [-0.25, -0.2) is 4.98 Å². The molecule has 2 aromatic rings. The minimum Gasteiger partial charge on any atom is -0.369 e. The number of hydrogen-bond donors (Lipinski definition) is 2. The number of fused-ring (bicyclic) bond motifs is 1. The van der Waals surface area contributed by atoms with Gasteiger partial charge in [0.25, 0.3) is 0 Å². The highest BCUT2D eigenvalue weighted by Crippen LogP contribution is 2.21. The second kappa shape index (κ2) is 7.94. The zero-order valence-electron chi connectivity index (χ0n) is 12.1. The lowest BCUT2D eigenvalue weighted by Crippen LogP contribution is -2.07. The number of nitrogens with zero attached hydrogens (tertiary/aromatic N) is 2. The molecule has 0 saturated carbocycles. The summed E-state index contributed by atoms with van der Waals surface area (Å²) in [6, 6.07) is 8.10. The third-order valence-electron chi connectivity index (χ3n) is 3.14. The summed E-state index contributed by atoms with van der Waals surface area (Å²) in [6.45, 7) is 0.957. The van der Waals surface area contributed by atoms with E-state index in [1.807, 2.05) is 37.0 Å². The van der Waals surface area contributed by atoms with E-state index in [1.165, 1.54) is 25.0 Å². The largest absolute Gasteiger partial charge is 0.369 e. The number of unbranched alkanes of at least 4 members (excludes halogenated alkanes) is 2. The van der Waals surface area contributed by atoms with Crippen molar-refractivity contribution in [2.45, 2.75) is 19.3 Å². The highest BCUT2D eigenvalue weighted by Gasteiger charge is 2.05. The Labute approximate surface area is 124 Å². The monoisotopic (exact) mass is 290 g/mol. The van der Waals surface area contributed by atoms with Crippen LogP contribution in [0.25, 0.3) is 10.9 Å². The van der Waals surface area contributed by atoms with Crippen LogP contribution in [0.1, 0.15) is 19.3 Å². The van der Waals surface area contributed by atoms with Crippen molar-refractivity contribution in [3.05, 3.63) is 24.3 Å². The van der Waals surface area contributed by atoms with Gasteiger partial charge in [-0.1, -0.05) is 18.6 Å². The minimum absolute atomic E-state index is 0.661. The lowest BCUT2D eigenvalue weighted by molar-refractivity contribution is 0.748. The maximum absolute atomic E-state index is 4.52. The van der Waals surface area contributed by atoms with Gasteiger partial charge in [0.1, 0.15) is 5.82 Å². The Morgan fingerprint density at radius 2 is 1.95 bits per heavy atom. The van der Waals surface area contributed by atoms with E-state index in [9.17, 15) is 0 Å². The van der Waals surface area contributed by atoms with E-state index in [0.717, 1.165) is 23.3 Å². The summed E-state index contributed by atoms with van der Waals surface area (Å²) in [4.78, 5) is 8.97. The molecule has 5 heteroatoms. The number of aromatic nitrogens is 2. The van der Waals surface area contributed by atoms with Crippen molar-refractivity contribution >= 4 is 34.4 Å². The number of nitrogens with one attached hydrogen (secondary N) is 2. The van der Waals surface area contributed by atoms with Gasteiger partial charge >= 0.3 is 0 Å². The van der Waals surface area contributed by atoms with Crippen LogP contribution in [-0.2, 0) is 0 Å². The summed E-state index contributed by atoms with van der Waals surface area (Å²) in [5.74, 6) is 2.83. The Morgan fingerprint density at radius 1 is 1.10 bits per heavy atom. The van der Waals surface area contributed by atoms with Crippen LogP contribution in [0.15, 0.2) is 24.3 Å². The Balaban J connectivity index is 2.01. The molecule has 4 nitrogen and oxygen atoms in total. The van der Waals surface area contributed by atoms with Crippen LogP contribution in [0.3, 0.4) is 0 Å². The maximum Gasteiger partial charge on any atom is 0.224 e. The number of para-hydroxylation sites is 1. The summed E-state index contributed by atoms with van der Waals surface area (Å²) >= 11 is 1.91. The maximum atomic E-state index is 4.52. The summed E-state index contributed by atoms with van der Waals surface area (Å²) in [5.41, 5.74) is 0.969. The lowest BCUT2D eigenvalue weighted by Gasteiger charge is -2.10. The molecule has 0 amide bonds.